The summed E-state index contributed by atoms with van der Waals surface area (Å²) in [5.41, 5.74) is 2.64. The Morgan fingerprint density at radius 2 is 1.89 bits per heavy atom. The van der Waals surface area contributed by atoms with Gasteiger partial charge in [0.25, 0.3) is 5.91 Å². The highest BCUT2D eigenvalue weighted by atomic mass is 35.5. The Kier molecular flexibility index (Phi) is 5.72. The van der Waals surface area contributed by atoms with Gasteiger partial charge >= 0.3 is 0 Å². The van der Waals surface area contributed by atoms with Crippen molar-refractivity contribution in [3.63, 3.8) is 0 Å². The smallest absolute Gasteiger partial charge is 0.274 e. The number of halogens is 2. The quantitative estimate of drug-likeness (QED) is 0.847. The molecule has 0 unspecified atom stereocenters. The van der Waals surface area contributed by atoms with Gasteiger partial charge in [-0.25, -0.2) is 5.48 Å². The highest BCUT2D eigenvalue weighted by molar-refractivity contribution is 6.37. The van der Waals surface area contributed by atoms with E-state index >= 15 is 0 Å². The van der Waals surface area contributed by atoms with Gasteiger partial charge in [0.05, 0.1) is 23.8 Å². The summed E-state index contributed by atoms with van der Waals surface area (Å²) in [5, 5.41) is 0.554. The van der Waals surface area contributed by atoms with E-state index in [9.17, 15) is 4.79 Å². The van der Waals surface area contributed by atoms with Crippen LogP contribution in [0.3, 0.4) is 0 Å². The Balaban J connectivity index is 2.75. The topological polar surface area (TPSA) is 47.6 Å². The molecule has 18 heavy (non-hydrogen) atoms. The number of methoxy groups -OCH3 is 1. The summed E-state index contributed by atoms with van der Waals surface area (Å²) in [6, 6.07) is 2.95. The fraction of sp³-hybridized carbons (Fsp3) is 0.417. The molecule has 0 spiro atoms. The molecule has 0 heterocycles. The minimum Gasteiger partial charge on any atom is -0.494 e. The van der Waals surface area contributed by atoms with Crippen molar-refractivity contribution >= 4 is 29.1 Å². The van der Waals surface area contributed by atoms with Crippen molar-refractivity contribution in [3.05, 3.63) is 27.7 Å². The van der Waals surface area contributed by atoms with Gasteiger partial charge in [0, 0.05) is 5.56 Å². The van der Waals surface area contributed by atoms with Gasteiger partial charge in [0.15, 0.2) is 5.75 Å². The van der Waals surface area contributed by atoms with Crippen molar-refractivity contribution in [2.24, 2.45) is 5.92 Å². The maximum absolute atomic E-state index is 11.7. The molecule has 0 saturated heterocycles. The van der Waals surface area contributed by atoms with Gasteiger partial charge in [0.1, 0.15) is 0 Å². The number of ether oxygens (including phenoxy) is 1. The molecule has 100 valence electrons. The van der Waals surface area contributed by atoms with Gasteiger partial charge in [-0.3, -0.25) is 9.63 Å². The largest absolute Gasteiger partial charge is 0.494 e. The van der Waals surface area contributed by atoms with Crippen molar-refractivity contribution < 1.29 is 14.4 Å². The van der Waals surface area contributed by atoms with Crippen molar-refractivity contribution in [2.45, 2.75) is 13.8 Å². The normalized spacial score (nSPS) is 10.6. The van der Waals surface area contributed by atoms with Crippen LogP contribution in [0.15, 0.2) is 12.1 Å². The number of carbonyl (C=O) groups excluding carboxylic acids is 1. The van der Waals surface area contributed by atoms with Gasteiger partial charge in [-0.15, -0.1) is 0 Å². The molecule has 0 saturated carbocycles. The molecule has 0 fully saturated rings. The summed E-state index contributed by atoms with van der Waals surface area (Å²) in [7, 11) is 1.46. The molecule has 0 aliphatic carbocycles. The third kappa shape index (κ3) is 4.05. The first-order valence-electron chi connectivity index (χ1n) is 5.40. The van der Waals surface area contributed by atoms with Gasteiger partial charge in [-0.2, -0.15) is 0 Å². The molecule has 1 aromatic carbocycles. The molecule has 1 amide bonds. The molecule has 1 aromatic rings. The van der Waals surface area contributed by atoms with Crippen molar-refractivity contribution in [2.75, 3.05) is 13.7 Å². The summed E-state index contributed by atoms with van der Waals surface area (Å²) in [5.74, 6) is 0.272. The van der Waals surface area contributed by atoms with Crippen molar-refractivity contribution in [1.82, 2.24) is 5.48 Å². The lowest BCUT2D eigenvalue weighted by atomic mass is 10.2. The molecule has 1 rings (SSSR count). The van der Waals surface area contributed by atoms with E-state index in [0.717, 1.165) is 0 Å². The molecule has 0 atom stereocenters. The first kappa shape index (κ1) is 15.1. The van der Waals surface area contributed by atoms with Crippen LogP contribution in [0.5, 0.6) is 5.75 Å². The number of hydrogen-bond donors (Lipinski definition) is 1. The Labute approximate surface area is 116 Å². The lowest BCUT2D eigenvalue weighted by molar-refractivity contribution is 0.0208. The predicted octanol–water partition coefficient (Wildman–Crippen LogP) is 3.32. The Morgan fingerprint density at radius 1 is 1.33 bits per heavy atom. The third-order valence-corrected chi connectivity index (χ3v) is 2.61. The molecule has 1 N–H and O–H groups in total. The minimum absolute atomic E-state index is 0.277. The van der Waals surface area contributed by atoms with E-state index in [1.807, 2.05) is 13.8 Å². The number of benzene rings is 1. The maximum Gasteiger partial charge on any atom is 0.274 e. The predicted molar refractivity (Wildman–Crippen MR) is 71.3 cm³/mol. The van der Waals surface area contributed by atoms with Crippen molar-refractivity contribution in [3.8, 4) is 5.75 Å². The van der Waals surface area contributed by atoms with Crippen LogP contribution in [0.4, 0.5) is 0 Å². The zero-order chi connectivity index (χ0) is 13.7. The lowest BCUT2D eigenvalue weighted by Gasteiger charge is -2.10. The minimum atomic E-state index is -0.401. The van der Waals surface area contributed by atoms with E-state index in [1.165, 1.54) is 19.2 Å². The van der Waals surface area contributed by atoms with Crippen molar-refractivity contribution in [1.29, 1.82) is 0 Å². The highest BCUT2D eigenvalue weighted by Crippen LogP contribution is 2.33. The van der Waals surface area contributed by atoms with Gasteiger partial charge in [-0.1, -0.05) is 37.0 Å². The second-order valence-electron chi connectivity index (χ2n) is 4.11. The SMILES string of the molecule is COc1c(Cl)cc(C(=O)NOCC(C)C)cc1Cl. The fourth-order valence-corrected chi connectivity index (χ4v) is 1.86. The standard InChI is InChI=1S/C12H15Cl2NO3/c1-7(2)6-18-15-12(16)8-4-9(13)11(17-3)10(14)5-8/h4-5,7H,6H2,1-3H3,(H,15,16). The van der Waals surface area contributed by atoms with E-state index < -0.39 is 5.91 Å². The second kappa shape index (κ2) is 6.83. The van der Waals surface area contributed by atoms with E-state index in [0.29, 0.717) is 23.8 Å². The summed E-state index contributed by atoms with van der Waals surface area (Å²) in [6.07, 6.45) is 0. The summed E-state index contributed by atoms with van der Waals surface area (Å²) < 4.78 is 5.00. The van der Waals surface area contributed by atoms with Crippen LogP contribution in [-0.4, -0.2) is 19.6 Å². The first-order valence-corrected chi connectivity index (χ1v) is 6.16. The zero-order valence-corrected chi connectivity index (χ0v) is 11.9. The number of rotatable bonds is 5. The Hall–Kier alpha value is -0.970. The molecule has 0 aliphatic rings. The van der Waals surface area contributed by atoms with E-state index in [-0.39, 0.29) is 10.0 Å². The van der Waals surface area contributed by atoms with Crippen LogP contribution < -0.4 is 10.2 Å². The average molecular weight is 292 g/mol. The Bertz CT molecular complexity index is 412. The van der Waals surface area contributed by atoms with E-state index in [1.54, 1.807) is 0 Å². The number of nitrogens with one attached hydrogen (secondary N) is 1. The van der Waals surface area contributed by atoms with E-state index in [4.69, 9.17) is 32.8 Å². The van der Waals surface area contributed by atoms with Crippen LogP contribution >= 0.6 is 23.2 Å². The molecule has 6 heteroatoms. The maximum atomic E-state index is 11.7. The lowest BCUT2D eigenvalue weighted by Crippen LogP contribution is -2.25. The van der Waals surface area contributed by atoms with Gasteiger partial charge in [-0.05, 0) is 18.1 Å². The summed E-state index contributed by atoms with van der Waals surface area (Å²) >= 11 is 11.9. The molecule has 0 bridgehead atoms. The molecular formula is C12H15Cl2NO3. The highest BCUT2D eigenvalue weighted by Gasteiger charge is 2.13. The van der Waals surface area contributed by atoms with Gasteiger partial charge in [0.2, 0.25) is 0 Å². The fourth-order valence-electron chi connectivity index (χ4n) is 1.22. The van der Waals surface area contributed by atoms with Gasteiger partial charge < -0.3 is 4.74 Å². The summed E-state index contributed by atoms with van der Waals surface area (Å²) in [4.78, 5) is 16.8. The van der Waals surface area contributed by atoms with Crippen LogP contribution in [0.1, 0.15) is 24.2 Å². The number of hydrogen-bond acceptors (Lipinski definition) is 3. The summed E-state index contributed by atoms with van der Waals surface area (Å²) in [6.45, 7) is 4.39. The van der Waals surface area contributed by atoms with Crippen LogP contribution in [0.25, 0.3) is 0 Å². The van der Waals surface area contributed by atoms with Crippen LogP contribution in [0.2, 0.25) is 10.0 Å². The Morgan fingerprint density at radius 3 is 2.33 bits per heavy atom. The number of carbonyl (C=O) groups is 1. The average Bonchev–Trinajstić information content (AvgIpc) is 2.27. The third-order valence-electron chi connectivity index (χ3n) is 2.05. The number of hydroxylamine groups is 1. The van der Waals surface area contributed by atoms with Crippen LogP contribution in [-0.2, 0) is 4.84 Å². The molecule has 0 radical (unpaired) electrons. The molecular weight excluding hydrogens is 277 g/mol. The monoisotopic (exact) mass is 291 g/mol. The van der Waals surface area contributed by atoms with Crippen LogP contribution in [0, 0.1) is 5.92 Å². The zero-order valence-electron chi connectivity index (χ0n) is 10.4. The molecule has 4 nitrogen and oxygen atoms in total. The molecule has 0 aromatic heterocycles. The first-order chi connectivity index (χ1) is 8.45. The van der Waals surface area contributed by atoms with E-state index in [2.05, 4.69) is 5.48 Å². The second-order valence-corrected chi connectivity index (χ2v) is 4.92. The number of amides is 1. The molecule has 0 aliphatic heterocycles.